The van der Waals surface area contributed by atoms with Crippen LogP contribution in [-0.2, 0) is 0 Å². The lowest BCUT2D eigenvalue weighted by molar-refractivity contribution is 0.110. The molecular weight excluding hydrogens is 245 g/mol. The van der Waals surface area contributed by atoms with E-state index in [0.717, 1.165) is 25.9 Å². The lowest BCUT2D eigenvalue weighted by Crippen LogP contribution is -2.37. The molecule has 0 radical (unpaired) electrons. The second-order valence-electron chi connectivity index (χ2n) is 5.45. The van der Waals surface area contributed by atoms with Crippen LogP contribution in [0.25, 0.3) is 0 Å². The van der Waals surface area contributed by atoms with Gasteiger partial charge in [0.1, 0.15) is 5.82 Å². The number of halogens is 1. The summed E-state index contributed by atoms with van der Waals surface area (Å²) in [5, 5.41) is 19.0. The molecule has 1 unspecified atom stereocenters. The van der Waals surface area contributed by atoms with Crippen LogP contribution in [0.15, 0.2) is 18.2 Å². The van der Waals surface area contributed by atoms with Gasteiger partial charge >= 0.3 is 0 Å². The molecule has 2 N–H and O–H groups in total. The Bertz CT molecular complexity index is 426. The number of benzene rings is 1. The van der Waals surface area contributed by atoms with E-state index in [-0.39, 0.29) is 11.9 Å². The first-order valence-corrected chi connectivity index (χ1v) is 6.89. The first kappa shape index (κ1) is 14.3. The van der Waals surface area contributed by atoms with E-state index >= 15 is 0 Å². The Balaban J connectivity index is 2.07. The zero-order valence-electron chi connectivity index (χ0n) is 11.5. The molecule has 4 heteroatoms. The van der Waals surface area contributed by atoms with Crippen LogP contribution in [0.1, 0.15) is 38.4 Å². The van der Waals surface area contributed by atoms with E-state index in [0.29, 0.717) is 17.2 Å². The summed E-state index contributed by atoms with van der Waals surface area (Å²) in [6.07, 6.45) is 0.832. The number of anilines is 1. The van der Waals surface area contributed by atoms with Gasteiger partial charge in [-0.05, 0) is 50.3 Å². The van der Waals surface area contributed by atoms with Crippen molar-refractivity contribution in [2.24, 2.45) is 5.92 Å². The van der Waals surface area contributed by atoms with Crippen LogP contribution in [0.5, 0.6) is 0 Å². The Morgan fingerprint density at radius 1 is 1.21 bits per heavy atom. The van der Waals surface area contributed by atoms with Crippen LogP contribution < -0.4 is 4.90 Å². The predicted molar refractivity (Wildman–Crippen MR) is 73.7 cm³/mol. The highest BCUT2D eigenvalue weighted by molar-refractivity contribution is 5.49. The largest absolute Gasteiger partial charge is 0.393 e. The number of nitrogens with zero attached hydrogens (tertiary/aromatic N) is 1. The predicted octanol–water partition coefficient (Wildman–Crippen LogP) is 2.48. The van der Waals surface area contributed by atoms with Crippen molar-refractivity contribution in [3.8, 4) is 0 Å². The van der Waals surface area contributed by atoms with Crippen LogP contribution in [-0.4, -0.2) is 29.4 Å². The van der Waals surface area contributed by atoms with Crippen LogP contribution in [0.2, 0.25) is 0 Å². The van der Waals surface area contributed by atoms with Gasteiger partial charge in [0.05, 0.1) is 17.9 Å². The van der Waals surface area contributed by atoms with Crippen molar-refractivity contribution in [1.29, 1.82) is 0 Å². The van der Waals surface area contributed by atoms with Gasteiger partial charge in [-0.1, -0.05) is 6.07 Å². The van der Waals surface area contributed by atoms with Gasteiger partial charge < -0.3 is 15.1 Å². The van der Waals surface area contributed by atoms with E-state index < -0.39 is 6.10 Å². The molecule has 0 spiro atoms. The average molecular weight is 267 g/mol. The maximum absolute atomic E-state index is 14.0. The SMILES string of the molecule is CC(O)C1CCN(c2ccc([C@H](C)O)cc2F)CC1. The second kappa shape index (κ2) is 5.88. The number of hydrogen-bond donors (Lipinski definition) is 2. The minimum atomic E-state index is -0.649. The van der Waals surface area contributed by atoms with Gasteiger partial charge in [0.15, 0.2) is 0 Å². The van der Waals surface area contributed by atoms with Gasteiger partial charge in [0.25, 0.3) is 0 Å². The van der Waals surface area contributed by atoms with Gasteiger partial charge in [-0.2, -0.15) is 0 Å². The summed E-state index contributed by atoms with van der Waals surface area (Å²) in [5.74, 6) is 0.0324. The molecule has 0 aromatic heterocycles. The standard InChI is InChI=1S/C15H22FNO2/c1-10(18)12-5-7-17(8-6-12)15-4-3-13(11(2)19)9-14(15)16/h3-4,9-12,18-19H,5-8H2,1-2H3/t10?,11-/m0/s1. The van der Waals surface area contributed by atoms with Crippen molar-refractivity contribution in [2.45, 2.75) is 38.9 Å². The minimum Gasteiger partial charge on any atom is -0.393 e. The third-order valence-electron chi connectivity index (χ3n) is 4.02. The molecule has 106 valence electrons. The highest BCUT2D eigenvalue weighted by Gasteiger charge is 2.24. The van der Waals surface area contributed by atoms with E-state index in [2.05, 4.69) is 0 Å². The smallest absolute Gasteiger partial charge is 0.146 e. The van der Waals surface area contributed by atoms with Gasteiger partial charge in [0, 0.05) is 13.1 Å². The monoisotopic (exact) mass is 267 g/mol. The molecular formula is C15H22FNO2. The molecule has 1 aromatic carbocycles. The molecule has 1 aliphatic heterocycles. The third-order valence-corrected chi connectivity index (χ3v) is 4.02. The lowest BCUT2D eigenvalue weighted by atomic mass is 9.92. The Labute approximate surface area is 113 Å². The summed E-state index contributed by atoms with van der Waals surface area (Å²) in [6.45, 7) is 4.97. The van der Waals surface area contributed by atoms with E-state index in [1.54, 1.807) is 19.1 Å². The first-order valence-electron chi connectivity index (χ1n) is 6.89. The highest BCUT2D eigenvalue weighted by atomic mass is 19.1. The summed E-state index contributed by atoms with van der Waals surface area (Å²) in [6, 6.07) is 4.91. The normalized spacial score (nSPS) is 20.4. The molecule has 1 aliphatic rings. The number of aliphatic hydroxyl groups is 2. The van der Waals surface area contributed by atoms with Crippen molar-refractivity contribution in [1.82, 2.24) is 0 Å². The molecule has 2 rings (SSSR count). The van der Waals surface area contributed by atoms with E-state index in [1.807, 2.05) is 11.8 Å². The van der Waals surface area contributed by atoms with Crippen LogP contribution in [0.3, 0.4) is 0 Å². The topological polar surface area (TPSA) is 43.7 Å². The Hall–Kier alpha value is -1.13. The fraction of sp³-hybridized carbons (Fsp3) is 0.600. The quantitative estimate of drug-likeness (QED) is 0.884. The van der Waals surface area contributed by atoms with Gasteiger partial charge in [-0.25, -0.2) is 4.39 Å². The fourth-order valence-corrected chi connectivity index (χ4v) is 2.66. The minimum absolute atomic E-state index is 0.283. The number of hydrogen-bond acceptors (Lipinski definition) is 3. The maximum atomic E-state index is 14.0. The molecule has 0 bridgehead atoms. The number of piperidine rings is 1. The van der Waals surface area contributed by atoms with Crippen molar-refractivity contribution < 1.29 is 14.6 Å². The Kier molecular flexibility index (Phi) is 4.42. The Morgan fingerprint density at radius 3 is 2.32 bits per heavy atom. The molecule has 0 aliphatic carbocycles. The molecule has 19 heavy (non-hydrogen) atoms. The molecule has 1 heterocycles. The molecule has 0 saturated carbocycles. The summed E-state index contributed by atoms with van der Waals surface area (Å²) in [7, 11) is 0. The first-order chi connectivity index (χ1) is 8.99. The third kappa shape index (κ3) is 3.25. The van der Waals surface area contributed by atoms with Crippen LogP contribution in [0.4, 0.5) is 10.1 Å². The molecule has 0 amide bonds. The van der Waals surface area contributed by atoms with Gasteiger partial charge in [-0.3, -0.25) is 0 Å². The molecule has 1 saturated heterocycles. The van der Waals surface area contributed by atoms with E-state index in [9.17, 15) is 14.6 Å². The van der Waals surface area contributed by atoms with Crippen LogP contribution in [0, 0.1) is 11.7 Å². The summed E-state index contributed by atoms with van der Waals surface area (Å²) in [4.78, 5) is 2.01. The van der Waals surface area contributed by atoms with Crippen LogP contribution >= 0.6 is 0 Å². The van der Waals surface area contributed by atoms with E-state index in [1.165, 1.54) is 6.07 Å². The van der Waals surface area contributed by atoms with E-state index in [4.69, 9.17) is 0 Å². The number of aliphatic hydroxyl groups excluding tert-OH is 2. The maximum Gasteiger partial charge on any atom is 0.146 e. The van der Waals surface area contributed by atoms with Gasteiger partial charge in [-0.15, -0.1) is 0 Å². The molecule has 1 aromatic rings. The lowest BCUT2D eigenvalue weighted by Gasteiger charge is -2.35. The summed E-state index contributed by atoms with van der Waals surface area (Å²) >= 11 is 0. The van der Waals surface area contributed by atoms with Crippen molar-refractivity contribution in [3.63, 3.8) is 0 Å². The number of rotatable bonds is 3. The van der Waals surface area contributed by atoms with Crippen molar-refractivity contribution in [2.75, 3.05) is 18.0 Å². The summed E-state index contributed by atoms with van der Waals surface area (Å²) in [5.41, 5.74) is 1.19. The zero-order chi connectivity index (χ0) is 14.0. The van der Waals surface area contributed by atoms with Gasteiger partial charge in [0.2, 0.25) is 0 Å². The molecule has 1 fully saturated rings. The summed E-state index contributed by atoms with van der Waals surface area (Å²) < 4.78 is 14.0. The molecule has 3 nitrogen and oxygen atoms in total. The fourth-order valence-electron chi connectivity index (χ4n) is 2.66. The van der Waals surface area contributed by atoms with Crippen molar-refractivity contribution >= 4 is 5.69 Å². The Morgan fingerprint density at radius 2 is 1.84 bits per heavy atom. The zero-order valence-corrected chi connectivity index (χ0v) is 11.5. The average Bonchev–Trinajstić information content (AvgIpc) is 2.38. The highest BCUT2D eigenvalue weighted by Crippen LogP contribution is 2.28. The second-order valence-corrected chi connectivity index (χ2v) is 5.45. The molecule has 2 atom stereocenters. The van der Waals surface area contributed by atoms with Crippen molar-refractivity contribution in [3.05, 3.63) is 29.6 Å².